The Labute approximate surface area is 204 Å². The molecule has 2 aromatic rings. The summed E-state index contributed by atoms with van der Waals surface area (Å²) in [5.74, 6) is 0.621. The third kappa shape index (κ3) is 6.34. The highest BCUT2D eigenvalue weighted by molar-refractivity contribution is 7.46. The van der Waals surface area contributed by atoms with E-state index < -0.39 is 7.82 Å². The molecule has 1 aliphatic rings. The topological polar surface area (TPSA) is 130 Å². The van der Waals surface area contributed by atoms with Crippen LogP contribution >= 0.6 is 7.82 Å². The van der Waals surface area contributed by atoms with Crippen molar-refractivity contribution in [3.8, 4) is 23.0 Å². The molecular weight excluding hydrogens is 479 g/mol. The van der Waals surface area contributed by atoms with Gasteiger partial charge in [-0.1, -0.05) is 16.8 Å². The van der Waals surface area contributed by atoms with Crippen molar-refractivity contribution in [2.24, 2.45) is 5.92 Å². The Morgan fingerprint density at radius 2 is 1.60 bits per heavy atom. The second-order valence-electron chi connectivity index (χ2n) is 8.34. The van der Waals surface area contributed by atoms with E-state index in [-0.39, 0.29) is 29.5 Å². The first-order valence-electron chi connectivity index (χ1n) is 11.0. The third-order valence-corrected chi connectivity index (χ3v) is 6.55. The van der Waals surface area contributed by atoms with E-state index in [0.717, 1.165) is 5.56 Å². The van der Waals surface area contributed by atoms with Gasteiger partial charge in [-0.3, -0.25) is 4.79 Å². The van der Waals surface area contributed by atoms with Crippen molar-refractivity contribution in [3.05, 3.63) is 47.0 Å². The van der Waals surface area contributed by atoms with Gasteiger partial charge in [-0.05, 0) is 61.4 Å². The lowest BCUT2D eigenvalue weighted by atomic mass is 9.71. The van der Waals surface area contributed by atoms with Gasteiger partial charge in [-0.2, -0.15) is 0 Å². The minimum Gasteiger partial charge on any atom is -0.493 e. The molecule has 0 radical (unpaired) electrons. The number of methoxy groups -OCH3 is 4. The molecule has 2 aromatic carbocycles. The van der Waals surface area contributed by atoms with Crippen molar-refractivity contribution in [1.29, 1.82) is 0 Å². The van der Waals surface area contributed by atoms with Crippen LogP contribution in [0.1, 0.15) is 46.7 Å². The van der Waals surface area contributed by atoms with Gasteiger partial charge >= 0.3 is 7.82 Å². The number of benzene rings is 2. The molecule has 0 spiro atoms. The van der Waals surface area contributed by atoms with Gasteiger partial charge in [0.1, 0.15) is 0 Å². The number of ketones is 1. The van der Waals surface area contributed by atoms with E-state index in [9.17, 15) is 9.36 Å². The van der Waals surface area contributed by atoms with E-state index in [1.807, 2.05) is 6.07 Å². The molecule has 3 rings (SSSR count). The third-order valence-electron chi connectivity index (χ3n) is 6.29. The predicted molar refractivity (Wildman–Crippen MR) is 126 cm³/mol. The minimum atomic E-state index is -4.83. The van der Waals surface area contributed by atoms with Crippen molar-refractivity contribution in [1.82, 2.24) is 0 Å². The highest BCUT2D eigenvalue weighted by atomic mass is 31.2. The normalized spacial score (nSPS) is 20.3. The van der Waals surface area contributed by atoms with Crippen LogP contribution in [-0.2, 0) is 14.0 Å². The van der Waals surface area contributed by atoms with Crippen LogP contribution in [-0.4, -0.2) is 50.1 Å². The first kappa shape index (κ1) is 27.0. The monoisotopic (exact) mass is 510 g/mol. The van der Waals surface area contributed by atoms with Crippen molar-refractivity contribution >= 4 is 13.6 Å². The van der Waals surface area contributed by atoms with Gasteiger partial charge in [0.2, 0.25) is 5.75 Å². The van der Waals surface area contributed by atoms with Gasteiger partial charge < -0.3 is 33.6 Å². The Morgan fingerprint density at radius 1 is 0.943 bits per heavy atom. The summed E-state index contributed by atoms with van der Waals surface area (Å²) in [4.78, 5) is 36.7. The SMILES string of the molecule is COc1cc(C(=O)C2CCC(OC)CC2c2ccc(C)c(OOP(=O)(O)O)c2)cc(OC)c1OC. The second-order valence-corrected chi connectivity index (χ2v) is 9.47. The molecule has 11 heteroatoms. The van der Waals surface area contributed by atoms with Crippen LogP contribution in [0.25, 0.3) is 0 Å². The van der Waals surface area contributed by atoms with Crippen LogP contribution in [0.4, 0.5) is 0 Å². The molecule has 35 heavy (non-hydrogen) atoms. The summed E-state index contributed by atoms with van der Waals surface area (Å²) in [5.41, 5.74) is 1.82. The summed E-state index contributed by atoms with van der Waals surface area (Å²) in [5, 5.41) is 0. The molecule has 0 aliphatic heterocycles. The molecular formula is C24H31O10P. The predicted octanol–water partition coefficient (Wildman–Crippen LogP) is 4.21. The number of aryl methyl sites for hydroxylation is 1. The second kappa shape index (κ2) is 11.4. The summed E-state index contributed by atoms with van der Waals surface area (Å²) in [6.07, 6.45) is 1.84. The molecule has 3 unspecified atom stereocenters. The van der Waals surface area contributed by atoms with Crippen LogP contribution in [0.15, 0.2) is 30.3 Å². The Bertz CT molecular complexity index is 1070. The summed E-state index contributed by atoms with van der Waals surface area (Å²) in [6.45, 7) is 1.72. The lowest BCUT2D eigenvalue weighted by molar-refractivity contribution is -0.123. The summed E-state index contributed by atoms with van der Waals surface area (Å²) >= 11 is 0. The average Bonchev–Trinajstić information content (AvgIpc) is 2.85. The number of carbonyl (C=O) groups excluding carboxylic acids is 1. The van der Waals surface area contributed by atoms with E-state index in [2.05, 4.69) is 4.67 Å². The highest BCUT2D eigenvalue weighted by Crippen LogP contribution is 2.45. The van der Waals surface area contributed by atoms with Crippen molar-refractivity contribution in [2.75, 3.05) is 28.4 Å². The maximum Gasteiger partial charge on any atom is 0.505 e. The maximum absolute atomic E-state index is 13.8. The van der Waals surface area contributed by atoms with Crippen LogP contribution in [0.5, 0.6) is 23.0 Å². The lowest BCUT2D eigenvalue weighted by Crippen LogP contribution is -2.32. The summed E-state index contributed by atoms with van der Waals surface area (Å²) < 4.78 is 37.1. The van der Waals surface area contributed by atoms with Gasteiger partial charge in [0.05, 0.1) is 27.4 Å². The minimum absolute atomic E-state index is 0.0407. The molecule has 3 atom stereocenters. The van der Waals surface area contributed by atoms with E-state index in [1.54, 1.807) is 38.3 Å². The van der Waals surface area contributed by atoms with Crippen LogP contribution in [0.2, 0.25) is 0 Å². The Hall–Kier alpha value is -2.62. The molecule has 1 fully saturated rings. The largest absolute Gasteiger partial charge is 0.505 e. The standard InChI is InChI=1S/C24H31O10P/c1-14-6-7-15(10-20(14)33-34-35(26,27)28)19-13-17(29-2)8-9-18(19)23(25)16-11-21(30-3)24(32-5)22(12-16)31-4/h6-7,10-12,17-19H,8-9,13H2,1-5H3,(H2,26,27,28). The zero-order valence-corrected chi connectivity index (χ0v) is 21.2. The zero-order valence-electron chi connectivity index (χ0n) is 20.3. The molecule has 10 nitrogen and oxygen atoms in total. The quantitative estimate of drug-likeness (QED) is 0.208. The zero-order chi connectivity index (χ0) is 25.8. The maximum atomic E-state index is 13.8. The molecule has 0 heterocycles. The molecule has 0 aromatic heterocycles. The summed E-state index contributed by atoms with van der Waals surface area (Å²) in [7, 11) is 1.29. The molecule has 0 bridgehead atoms. The first-order chi connectivity index (χ1) is 16.6. The lowest BCUT2D eigenvalue weighted by Gasteiger charge is -2.35. The van der Waals surface area contributed by atoms with Crippen molar-refractivity contribution < 1.29 is 47.7 Å². The molecule has 0 saturated heterocycles. The number of ether oxygens (including phenoxy) is 4. The number of hydrogen-bond acceptors (Lipinski definition) is 8. The van der Waals surface area contributed by atoms with Crippen molar-refractivity contribution in [2.45, 2.75) is 38.2 Å². The number of carbonyl (C=O) groups is 1. The number of hydrogen-bond donors (Lipinski definition) is 2. The van der Waals surface area contributed by atoms with Crippen LogP contribution < -0.4 is 19.1 Å². The van der Waals surface area contributed by atoms with Gasteiger partial charge in [-0.15, -0.1) is 0 Å². The van der Waals surface area contributed by atoms with Crippen molar-refractivity contribution in [3.63, 3.8) is 0 Å². The number of phosphoric acid groups is 1. The van der Waals surface area contributed by atoms with Crippen LogP contribution in [0.3, 0.4) is 0 Å². The highest BCUT2D eigenvalue weighted by Gasteiger charge is 2.37. The van der Waals surface area contributed by atoms with Gasteiger partial charge in [0.15, 0.2) is 23.0 Å². The van der Waals surface area contributed by atoms with E-state index in [1.165, 1.54) is 21.3 Å². The molecule has 192 valence electrons. The van der Waals surface area contributed by atoms with E-state index >= 15 is 0 Å². The fourth-order valence-electron chi connectivity index (χ4n) is 4.49. The summed E-state index contributed by atoms with van der Waals surface area (Å²) in [6, 6.07) is 8.55. The van der Waals surface area contributed by atoms with Crippen LogP contribution in [0, 0.1) is 12.8 Å². The van der Waals surface area contributed by atoms with Gasteiger partial charge in [0.25, 0.3) is 0 Å². The molecule has 1 aliphatic carbocycles. The van der Waals surface area contributed by atoms with Gasteiger partial charge in [0, 0.05) is 18.6 Å². The molecule has 0 amide bonds. The van der Waals surface area contributed by atoms with Gasteiger partial charge in [-0.25, -0.2) is 4.57 Å². The fraction of sp³-hybridized carbons (Fsp3) is 0.458. The Balaban J connectivity index is 1.99. The Morgan fingerprint density at radius 3 is 2.14 bits per heavy atom. The van der Waals surface area contributed by atoms with E-state index in [0.29, 0.717) is 47.6 Å². The first-order valence-corrected chi connectivity index (χ1v) is 12.5. The molecule has 2 N–H and O–H groups in total. The average molecular weight is 510 g/mol. The smallest absolute Gasteiger partial charge is 0.493 e. The van der Waals surface area contributed by atoms with E-state index in [4.69, 9.17) is 33.6 Å². The fourth-order valence-corrected chi connectivity index (χ4v) is 4.67. The number of rotatable bonds is 10. The number of Topliss-reactive ketones (excluding diaryl/α,β-unsaturated/α-hetero) is 1. The Kier molecular flexibility index (Phi) is 8.79. The molecule has 1 saturated carbocycles.